The molecule has 1 aromatic rings. The predicted molar refractivity (Wildman–Crippen MR) is 84.2 cm³/mol. The number of rotatable bonds is 6. The van der Waals surface area contributed by atoms with E-state index in [1.54, 1.807) is 12.1 Å². The number of nitrogens with one attached hydrogen (secondary N) is 1. The smallest absolute Gasteiger partial charge is 0.268 e. The van der Waals surface area contributed by atoms with Crippen molar-refractivity contribution in [2.75, 3.05) is 0 Å². The van der Waals surface area contributed by atoms with Crippen LogP contribution in [0.15, 0.2) is 18.2 Å². The van der Waals surface area contributed by atoms with E-state index in [-0.39, 0.29) is 29.1 Å². The van der Waals surface area contributed by atoms with Gasteiger partial charge < -0.3 is 5.11 Å². The fraction of sp³-hybridized carbons (Fsp3) is 0.533. The van der Waals surface area contributed by atoms with E-state index in [4.69, 9.17) is 5.84 Å². The molecule has 1 unspecified atom stereocenters. The van der Waals surface area contributed by atoms with E-state index < -0.39 is 5.91 Å². The summed E-state index contributed by atoms with van der Waals surface area (Å²) in [5, 5.41) is 9.73. The Morgan fingerprint density at radius 3 is 2.55 bits per heavy atom. The molecule has 0 saturated heterocycles. The summed E-state index contributed by atoms with van der Waals surface area (Å²) in [5.74, 6) is 4.63. The zero-order chi connectivity index (χ0) is 14.5. The average molecular weight is 301 g/mol. The van der Waals surface area contributed by atoms with Crippen LogP contribution in [0, 0.1) is 0 Å². The van der Waals surface area contributed by atoms with Gasteiger partial charge in [-0.3, -0.25) is 10.2 Å². The maximum absolute atomic E-state index is 11.6. The van der Waals surface area contributed by atoms with Gasteiger partial charge in [0, 0.05) is 0 Å². The molecule has 0 spiro atoms. The highest BCUT2D eigenvalue weighted by Gasteiger charge is 2.25. The van der Waals surface area contributed by atoms with Gasteiger partial charge in [0.05, 0.1) is 5.56 Å². The Balaban J connectivity index is 0.00000361. The molecule has 0 aliphatic heterocycles. The van der Waals surface area contributed by atoms with E-state index in [9.17, 15) is 9.90 Å². The monoisotopic (exact) mass is 300 g/mol. The molecule has 1 aromatic carbocycles. The second-order valence-electron chi connectivity index (χ2n) is 5.22. The number of phenolic OH excluding ortho intramolecular Hbond substituents is 1. The van der Waals surface area contributed by atoms with Crippen molar-refractivity contribution in [3.8, 4) is 5.75 Å². The van der Waals surface area contributed by atoms with Gasteiger partial charge in [-0.2, -0.15) is 0 Å². The SMILES string of the molecule is CCCCC(C)(CC)c1ccc(O)c(C(=O)NN)c1.Cl. The predicted octanol–water partition coefficient (Wildman–Crippen LogP) is 3.28. The van der Waals surface area contributed by atoms with Crippen molar-refractivity contribution in [3.63, 3.8) is 0 Å². The molecular formula is C15H25ClN2O2. The van der Waals surface area contributed by atoms with Crippen LogP contribution in [0.2, 0.25) is 0 Å². The number of nitrogens with two attached hydrogens (primary N) is 1. The van der Waals surface area contributed by atoms with E-state index >= 15 is 0 Å². The Morgan fingerprint density at radius 1 is 1.40 bits per heavy atom. The summed E-state index contributed by atoms with van der Waals surface area (Å²) < 4.78 is 0. The second-order valence-corrected chi connectivity index (χ2v) is 5.22. The van der Waals surface area contributed by atoms with E-state index in [1.165, 1.54) is 0 Å². The number of amides is 1. The topological polar surface area (TPSA) is 75.3 Å². The molecule has 1 amide bonds. The Hall–Kier alpha value is -1.26. The maximum atomic E-state index is 11.6. The number of hydrogen-bond donors (Lipinski definition) is 3. The molecule has 0 heterocycles. The molecule has 0 radical (unpaired) electrons. The summed E-state index contributed by atoms with van der Waals surface area (Å²) in [5.41, 5.74) is 3.39. The first-order valence-electron chi connectivity index (χ1n) is 6.83. The first-order chi connectivity index (χ1) is 8.98. The number of halogens is 1. The van der Waals surface area contributed by atoms with Crippen LogP contribution in [0.3, 0.4) is 0 Å². The van der Waals surface area contributed by atoms with E-state index in [1.807, 2.05) is 6.07 Å². The molecule has 0 bridgehead atoms. The van der Waals surface area contributed by atoms with E-state index in [0.29, 0.717) is 0 Å². The van der Waals surface area contributed by atoms with Gasteiger partial charge in [0.15, 0.2) is 0 Å². The minimum atomic E-state index is -0.465. The summed E-state index contributed by atoms with van der Waals surface area (Å²) in [6, 6.07) is 5.21. The Morgan fingerprint density at radius 2 is 2.05 bits per heavy atom. The number of hydrazine groups is 1. The normalized spacial score (nSPS) is 13.2. The fourth-order valence-corrected chi connectivity index (χ4v) is 2.26. The highest BCUT2D eigenvalue weighted by molar-refractivity contribution is 5.96. The lowest BCUT2D eigenvalue weighted by molar-refractivity contribution is 0.0951. The number of carbonyl (C=O) groups is 1. The zero-order valence-corrected chi connectivity index (χ0v) is 13.2. The van der Waals surface area contributed by atoms with Crippen molar-refractivity contribution in [1.29, 1.82) is 0 Å². The Kier molecular flexibility index (Phi) is 7.61. The summed E-state index contributed by atoms with van der Waals surface area (Å²) in [4.78, 5) is 11.6. The summed E-state index contributed by atoms with van der Waals surface area (Å²) >= 11 is 0. The third kappa shape index (κ3) is 4.12. The largest absolute Gasteiger partial charge is 0.507 e. The molecule has 0 aliphatic rings. The number of hydrogen-bond acceptors (Lipinski definition) is 3. The second kappa shape index (κ2) is 8.12. The van der Waals surface area contributed by atoms with Gasteiger partial charge >= 0.3 is 0 Å². The minimum Gasteiger partial charge on any atom is -0.507 e. The van der Waals surface area contributed by atoms with Crippen LogP contribution in [-0.4, -0.2) is 11.0 Å². The van der Waals surface area contributed by atoms with E-state index in [0.717, 1.165) is 31.2 Å². The summed E-state index contributed by atoms with van der Waals surface area (Å²) in [6.07, 6.45) is 4.34. The van der Waals surface area contributed by atoms with Gasteiger partial charge in [0.25, 0.3) is 5.91 Å². The molecule has 4 N–H and O–H groups in total. The van der Waals surface area contributed by atoms with Crippen LogP contribution >= 0.6 is 12.4 Å². The van der Waals surface area contributed by atoms with Crippen molar-refractivity contribution in [2.24, 2.45) is 5.84 Å². The third-order valence-electron chi connectivity index (χ3n) is 3.93. The van der Waals surface area contributed by atoms with Gasteiger partial charge in [-0.15, -0.1) is 12.4 Å². The molecular weight excluding hydrogens is 276 g/mol. The van der Waals surface area contributed by atoms with Crippen LogP contribution in [0.25, 0.3) is 0 Å². The number of benzene rings is 1. The van der Waals surface area contributed by atoms with Gasteiger partial charge in [0.1, 0.15) is 5.75 Å². The molecule has 114 valence electrons. The molecule has 0 aromatic heterocycles. The van der Waals surface area contributed by atoms with Gasteiger partial charge in [-0.1, -0.05) is 39.7 Å². The van der Waals surface area contributed by atoms with Crippen LogP contribution in [-0.2, 0) is 5.41 Å². The quantitative estimate of drug-likeness (QED) is 0.429. The maximum Gasteiger partial charge on any atom is 0.268 e. The molecule has 4 nitrogen and oxygen atoms in total. The fourth-order valence-electron chi connectivity index (χ4n) is 2.26. The lowest BCUT2D eigenvalue weighted by Crippen LogP contribution is -2.30. The number of aromatic hydroxyl groups is 1. The third-order valence-corrected chi connectivity index (χ3v) is 3.93. The number of carbonyl (C=O) groups excluding carboxylic acids is 1. The van der Waals surface area contributed by atoms with Crippen molar-refractivity contribution in [1.82, 2.24) is 5.43 Å². The van der Waals surface area contributed by atoms with Crippen molar-refractivity contribution < 1.29 is 9.90 Å². The molecule has 0 aliphatic carbocycles. The highest BCUT2D eigenvalue weighted by atomic mass is 35.5. The summed E-state index contributed by atoms with van der Waals surface area (Å²) in [7, 11) is 0. The number of unbranched alkanes of at least 4 members (excludes halogenated alkanes) is 1. The molecule has 5 heteroatoms. The van der Waals surface area contributed by atoms with Crippen molar-refractivity contribution in [2.45, 2.75) is 51.9 Å². The minimum absolute atomic E-state index is 0. The molecule has 1 atom stereocenters. The van der Waals surface area contributed by atoms with Crippen LogP contribution in [0.5, 0.6) is 5.75 Å². The Labute approximate surface area is 127 Å². The number of phenols is 1. The highest BCUT2D eigenvalue weighted by Crippen LogP contribution is 2.35. The standard InChI is InChI=1S/C15H24N2O2.ClH/c1-4-6-9-15(3,5-2)11-7-8-13(18)12(10-11)14(19)17-16;/h7-8,10,18H,4-6,9,16H2,1-3H3,(H,17,19);1H. The average Bonchev–Trinajstić information content (AvgIpc) is 2.44. The lowest BCUT2D eigenvalue weighted by atomic mass is 9.75. The van der Waals surface area contributed by atoms with Crippen molar-refractivity contribution >= 4 is 18.3 Å². The Bertz CT molecular complexity index is 451. The van der Waals surface area contributed by atoms with Crippen molar-refractivity contribution in [3.05, 3.63) is 29.3 Å². The van der Waals surface area contributed by atoms with Crippen LogP contribution in [0.4, 0.5) is 0 Å². The van der Waals surface area contributed by atoms with Gasteiger partial charge in [-0.05, 0) is 36.0 Å². The molecule has 1 rings (SSSR count). The van der Waals surface area contributed by atoms with Gasteiger partial charge in [0.2, 0.25) is 0 Å². The zero-order valence-electron chi connectivity index (χ0n) is 12.4. The van der Waals surface area contributed by atoms with Gasteiger partial charge in [-0.25, -0.2) is 5.84 Å². The summed E-state index contributed by atoms with van der Waals surface area (Å²) in [6.45, 7) is 6.50. The lowest BCUT2D eigenvalue weighted by Gasteiger charge is -2.29. The first kappa shape index (κ1) is 18.7. The molecule has 0 fully saturated rings. The molecule has 20 heavy (non-hydrogen) atoms. The van der Waals surface area contributed by atoms with Crippen LogP contribution in [0.1, 0.15) is 62.4 Å². The van der Waals surface area contributed by atoms with Crippen LogP contribution < -0.4 is 11.3 Å². The first-order valence-corrected chi connectivity index (χ1v) is 6.83. The number of nitrogen functional groups attached to an aromatic ring is 1. The van der Waals surface area contributed by atoms with E-state index in [2.05, 4.69) is 26.2 Å². The molecule has 0 saturated carbocycles.